The molecule has 1 fully saturated rings. The number of carbonyl (C=O) groups is 1. The summed E-state index contributed by atoms with van der Waals surface area (Å²) in [4.78, 5) is 10.6. The van der Waals surface area contributed by atoms with Gasteiger partial charge < -0.3 is 0 Å². The zero-order chi connectivity index (χ0) is 6.27. The van der Waals surface area contributed by atoms with E-state index in [9.17, 15) is 4.79 Å². The third kappa shape index (κ3) is 0.823. The molecule has 1 saturated carbocycles. The van der Waals surface area contributed by atoms with Gasteiger partial charge in [-0.25, -0.2) is 0 Å². The van der Waals surface area contributed by atoms with Crippen molar-refractivity contribution in [3.8, 4) is 0 Å². The van der Waals surface area contributed by atoms with Crippen LogP contribution in [0, 0.1) is 0 Å². The number of hydrogen-bond donors (Lipinski definition) is 0. The van der Waals surface area contributed by atoms with Crippen molar-refractivity contribution in [2.45, 2.75) is 18.9 Å². The van der Waals surface area contributed by atoms with E-state index in [0.29, 0.717) is 12.6 Å². The van der Waals surface area contributed by atoms with Crippen LogP contribution in [0.4, 0.5) is 0 Å². The Morgan fingerprint density at radius 1 is 1.67 bits per heavy atom. The van der Waals surface area contributed by atoms with E-state index in [1.54, 1.807) is 0 Å². The van der Waals surface area contributed by atoms with Crippen LogP contribution in [0.25, 0.3) is 0 Å². The van der Waals surface area contributed by atoms with Gasteiger partial charge in [0.15, 0.2) is 5.78 Å². The first kappa shape index (κ1) is 4.97. The van der Waals surface area contributed by atoms with Crippen LogP contribution in [0.2, 0.25) is 0 Å². The predicted octanol–water partition coefficient (Wildman–Crippen LogP) is 0.0193. The molecule has 0 spiro atoms. The van der Waals surface area contributed by atoms with Gasteiger partial charge in [-0.3, -0.25) is 9.80 Å². The fourth-order valence-corrected chi connectivity index (χ4v) is 0.976. The summed E-state index contributed by atoms with van der Waals surface area (Å²) in [6, 6.07) is 0.590. The Bertz CT molecular complexity index is 172. The summed E-state index contributed by atoms with van der Waals surface area (Å²) in [7, 11) is 0. The second kappa shape index (κ2) is 1.56. The summed E-state index contributed by atoms with van der Waals surface area (Å²) < 4.78 is 0. The molecule has 0 amide bonds. The Balaban J connectivity index is 2.01. The molecule has 3 heteroatoms. The van der Waals surface area contributed by atoms with Crippen LogP contribution in [-0.4, -0.2) is 29.6 Å². The van der Waals surface area contributed by atoms with Crippen molar-refractivity contribution >= 4 is 12.0 Å². The SMILES string of the molecule is O=C1C=NN(C2CC2)C1. The van der Waals surface area contributed by atoms with E-state index in [4.69, 9.17) is 0 Å². The smallest absolute Gasteiger partial charge is 0.196 e. The van der Waals surface area contributed by atoms with Crippen molar-refractivity contribution in [3.63, 3.8) is 0 Å². The maximum atomic E-state index is 10.6. The predicted molar refractivity (Wildman–Crippen MR) is 33.2 cm³/mol. The topological polar surface area (TPSA) is 32.7 Å². The largest absolute Gasteiger partial charge is 0.291 e. The summed E-state index contributed by atoms with van der Waals surface area (Å²) in [5.74, 6) is 0.141. The lowest BCUT2D eigenvalue weighted by atomic mass is 10.4. The number of Topliss-reactive ketones (excluding diaryl/α,β-unsaturated/α-hetero) is 1. The van der Waals surface area contributed by atoms with Gasteiger partial charge in [0.05, 0.1) is 6.21 Å². The highest BCUT2D eigenvalue weighted by Crippen LogP contribution is 2.27. The summed E-state index contributed by atoms with van der Waals surface area (Å²) in [6.45, 7) is 0.519. The van der Waals surface area contributed by atoms with Crippen molar-refractivity contribution in [1.29, 1.82) is 0 Å². The van der Waals surface area contributed by atoms with Crippen molar-refractivity contribution in [2.75, 3.05) is 6.54 Å². The number of hydrazone groups is 1. The van der Waals surface area contributed by atoms with Gasteiger partial charge in [0, 0.05) is 6.04 Å². The Kier molecular flexibility index (Phi) is 0.860. The lowest BCUT2D eigenvalue weighted by Gasteiger charge is -2.08. The van der Waals surface area contributed by atoms with Gasteiger partial charge in [-0.2, -0.15) is 5.10 Å². The number of nitrogens with zero attached hydrogens (tertiary/aromatic N) is 2. The monoisotopic (exact) mass is 124 g/mol. The number of rotatable bonds is 1. The van der Waals surface area contributed by atoms with E-state index >= 15 is 0 Å². The number of carbonyl (C=O) groups excluding carboxylic acids is 1. The van der Waals surface area contributed by atoms with Crippen LogP contribution in [0.15, 0.2) is 5.10 Å². The summed E-state index contributed by atoms with van der Waals surface area (Å²) in [5.41, 5.74) is 0. The maximum Gasteiger partial charge on any atom is 0.196 e. The molecule has 0 saturated heterocycles. The molecular formula is C6H8N2O. The molecule has 1 heterocycles. The highest BCUT2D eigenvalue weighted by atomic mass is 16.1. The highest BCUT2D eigenvalue weighted by molar-refractivity contribution is 6.29. The molecule has 0 aromatic heterocycles. The third-order valence-corrected chi connectivity index (χ3v) is 1.64. The van der Waals surface area contributed by atoms with Crippen LogP contribution < -0.4 is 0 Å². The molecule has 3 nitrogen and oxygen atoms in total. The molecule has 2 aliphatic rings. The van der Waals surface area contributed by atoms with Gasteiger partial charge in [-0.15, -0.1) is 0 Å². The molecule has 1 aliphatic heterocycles. The minimum atomic E-state index is 0.141. The molecule has 48 valence electrons. The van der Waals surface area contributed by atoms with Crippen molar-refractivity contribution in [1.82, 2.24) is 5.01 Å². The highest BCUT2D eigenvalue weighted by Gasteiger charge is 2.31. The normalized spacial score (nSPS) is 25.8. The van der Waals surface area contributed by atoms with E-state index in [0.717, 1.165) is 0 Å². The summed E-state index contributed by atoms with van der Waals surface area (Å²) in [5, 5.41) is 5.81. The van der Waals surface area contributed by atoms with Gasteiger partial charge in [0.1, 0.15) is 6.54 Å². The quantitative estimate of drug-likeness (QED) is 0.493. The minimum absolute atomic E-state index is 0.141. The average Bonchev–Trinajstić information content (AvgIpc) is 2.58. The lowest BCUT2D eigenvalue weighted by Crippen LogP contribution is -2.19. The molecule has 2 rings (SSSR count). The van der Waals surface area contributed by atoms with Crippen LogP contribution in [0.5, 0.6) is 0 Å². The fraction of sp³-hybridized carbons (Fsp3) is 0.667. The van der Waals surface area contributed by atoms with E-state index in [1.807, 2.05) is 5.01 Å². The van der Waals surface area contributed by atoms with Crippen LogP contribution in [0.3, 0.4) is 0 Å². The van der Waals surface area contributed by atoms with Crippen LogP contribution >= 0.6 is 0 Å². The first-order chi connectivity index (χ1) is 4.36. The van der Waals surface area contributed by atoms with Gasteiger partial charge in [-0.05, 0) is 12.8 Å². The minimum Gasteiger partial charge on any atom is -0.291 e. The Morgan fingerprint density at radius 2 is 2.44 bits per heavy atom. The zero-order valence-electron chi connectivity index (χ0n) is 5.08. The van der Waals surface area contributed by atoms with Crippen LogP contribution in [0.1, 0.15) is 12.8 Å². The molecule has 0 bridgehead atoms. The van der Waals surface area contributed by atoms with Crippen molar-refractivity contribution in [3.05, 3.63) is 0 Å². The van der Waals surface area contributed by atoms with Crippen LogP contribution in [-0.2, 0) is 4.79 Å². The maximum absolute atomic E-state index is 10.6. The second-order valence-electron chi connectivity index (χ2n) is 2.54. The molecular weight excluding hydrogens is 116 g/mol. The zero-order valence-corrected chi connectivity index (χ0v) is 5.08. The first-order valence-corrected chi connectivity index (χ1v) is 3.20. The second-order valence-corrected chi connectivity index (χ2v) is 2.54. The van der Waals surface area contributed by atoms with Crippen molar-refractivity contribution < 1.29 is 4.79 Å². The van der Waals surface area contributed by atoms with E-state index < -0.39 is 0 Å². The number of ketones is 1. The molecule has 0 aromatic rings. The van der Waals surface area contributed by atoms with Crippen molar-refractivity contribution in [2.24, 2.45) is 5.10 Å². The van der Waals surface area contributed by atoms with Gasteiger partial charge in [0.2, 0.25) is 0 Å². The van der Waals surface area contributed by atoms with E-state index in [-0.39, 0.29) is 5.78 Å². The fourth-order valence-electron chi connectivity index (χ4n) is 0.976. The standard InChI is InChI=1S/C6H8N2O/c9-6-3-7-8(4-6)5-1-2-5/h3,5H,1-2,4H2. The van der Waals surface area contributed by atoms with Gasteiger partial charge in [-0.1, -0.05) is 0 Å². The molecule has 0 atom stereocenters. The Labute approximate surface area is 53.3 Å². The molecule has 0 unspecified atom stereocenters. The van der Waals surface area contributed by atoms with Gasteiger partial charge >= 0.3 is 0 Å². The van der Waals surface area contributed by atoms with Gasteiger partial charge in [0.25, 0.3) is 0 Å². The molecule has 1 aliphatic carbocycles. The Hall–Kier alpha value is -0.860. The van der Waals surface area contributed by atoms with E-state index in [1.165, 1.54) is 19.1 Å². The average molecular weight is 124 g/mol. The summed E-state index contributed by atoms with van der Waals surface area (Å²) >= 11 is 0. The third-order valence-electron chi connectivity index (χ3n) is 1.64. The first-order valence-electron chi connectivity index (χ1n) is 3.20. The molecule has 0 aromatic carbocycles. The van der Waals surface area contributed by atoms with E-state index in [2.05, 4.69) is 5.10 Å². The molecule has 0 N–H and O–H groups in total. The number of hydrogen-bond acceptors (Lipinski definition) is 3. The molecule has 0 radical (unpaired) electrons. The molecule has 9 heavy (non-hydrogen) atoms. The Morgan fingerprint density at radius 3 is 2.89 bits per heavy atom. The lowest BCUT2D eigenvalue weighted by molar-refractivity contribution is -0.112. The summed E-state index contributed by atoms with van der Waals surface area (Å²) in [6.07, 6.45) is 3.84.